The summed E-state index contributed by atoms with van der Waals surface area (Å²) in [6, 6.07) is 12.2. The molecule has 192 valence electrons. The lowest BCUT2D eigenvalue weighted by atomic mass is 9.94. The molecule has 2 aromatic carbocycles. The van der Waals surface area contributed by atoms with Crippen LogP contribution >= 0.6 is 0 Å². The number of nitrogens with zero attached hydrogens (tertiary/aromatic N) is 2. The molecule has 0 saturated carbocycles. The highest BCUT2D eigenvalue weighted by Gasteiger charge is 2.45. The summed E-state index contributed by atoms with van der Waals surface area (Å²) >= 11 is 0. The maximum atomic E-state index is 13.3. The van der Waals surface area contributed by atoms with E-state index in [1.54, 1.807) is 11.0 Å². The minimum Gasteiger partial charge on any atom is -0.507 e. The number of aliphatic hydroxyl groups excluding tert-OH is 1. The number of ketones is 1. The normalized spacial score (nSPS) is 20.6. The van der Waals surface area contributed by atoms with Gasteiger partial charge >= 0.3 is 0 Å². The Kier molecular flexibility index (Phi) is 7.99. The van der Waals surface area contributed by atoms with Gasteiger partial charge in [0.15, 0.2) is 0 Å². The first kappa shape index (κ1) is 25.8. The van der Waals surface area contributed by atoms with E-state index in [2.05, 4.69) is 6.92 Å². The second kappa shape index (κ2) is 11.2. The first-order valence-electron chi connectivity index (χ1n) is 12.8. The molecule has 0 spiro atoms. The minimum absolute atomic E-state index is 0.0673. The zero-order valence-electron chi connectivity index (χ0n) is 21.6. The molecule has 7 nitrogen and oxygen atoms in total. The molecule has 2 heterocycles. The van der Waals surface area contributed by atoms with Gasteiger partial charge in [-0.1, -0.05) is 25.5 Å². The van der Waals surface area contributed by atoms with Crippen molar-refractivity contribution in [2.24, 2.45) is 0 Å². The fraction of sp³-hybridized carbons (Fsp3) is 0.448. The second-order valence-electron chi connectivity index (χ2n) is 9.88. The molecule has 1 N–H and O–H groups in total. The largest absolute Gasteiger partial charge is 0.507 e. The van der Waals surface area contributed by atoms with Crippen molar-refractivity contribution >= 4 is 17.4 Å². The average Bonchev–Trinajstić information content (AvgIpc) is 3.35. The predicted molar refractivity (Wildman–Crippen MR) is 139 cm³/mol. The monoisotopic (exact) mass is 492 g/mol. The van der Waals surface area contributed by atoms with Gasteiger partial charge in [0.05, 0.1) is 18.2 Å². The topological polar surface area (TPSA) is 79.3 Å². The lowest BCUT2D eigenvalue weighted by Crippen LogP contribution is -2.32. The van der Waals surface area contributed by atoms with Gasteiger partial charge in [0, 0.05) is 18.5 Å². The van der Waals surface area contributed by atoms with E-state index in [-0.39, 0.29) is 17.4 Å². The highest BCUT2D eigenvalue weighted by molar-refractivity contribution is 6.46. The van der Waals surface area contributed by atoms with Crippen LogP contribution in [0.3, 0.4) is 0 Å². The van der Waals surface area contributed by atoms with Gasteiger partial charge in [-0.05, 0) is 81.9 Å². The van der Waals surface area contributed by atoms with Crippen molar-refractivity contribution in [3.8, 4) is 11.5 Å². The van der Waals surface area contributed by atoms with Crippen LogP contribution in [0.1, 0.15) is 55.8 Å². The molecule has 2 atom stereocenters. The Morgan fingerprint density at radius 3 is 2.58 bits per heavy atom. The van der Waals surface area contributed by atoms with Gasteiger partial charge in [0.25, 0.3) is 11.7 Å². The lowest BCUT2D eigenvalue weighted by Gasteiger charge is -2.26. The van der Waals surface area contributed by atoms with E-state index in [0.717, 1.165) is 48.4 Å². The Balaban J connectivity index is 1.71. The minimum atomic E-state index is -0.666. The maximum Gasteiger partial charge on any atom is 0.295 e. The SMILES string of the molecule is CCCCOc1ccc([C@@H]2C(=C(O)c3ccc4c(c3)C[C@@H](C)O4)C(=O)C(=O)N2CCCN(C)C)cc1. The van der Waals surface area contributed by atoms with Crippen LogP contribution in [0.4, 0.5) is 0 Å². The van der Waals surface area contributed by atoms with Crippen LogP contribution in [0.15, 0.2) is 48.0 Å². The summed E-state index contributed by atoms with van der Waals surface area (Å²) in [4.78, 5) is 30.1. The number of ether oxygens (including phenoxy) is 2. The Hall–Kier alpha value is -3.32. The molecule has 1 amide bonds. The number of carbonyl (C=O) groups excluding carboxylic acids is 2. The molecule has 0 aliphatic carbocycles. The summed E-state index contributed by atoms with van der Waals surface area (Å²) < 4.78 is 11.6. The third-order valence-electron chi connectivity index (χ3n) is 6.68. The summed E-state index contributed by atoms with van der Waals surface area (Å²) in [5, 5.41) is 11.4. The Bertz CT molecular complexity index is 1140. The van der Waals surface area contributed by atoms with Crippen LogP contribution in [-0.2, 0) is 16.0 Å². The zero-order chi connectivity index (χ0) is 25.8. The van der Waals surface area contributed by atoms with Gasteiger partial charge in [-0.2, -0.15) is 0 Å². The van der Waals surface area contributed by atoms with Gasteiger partial charge in [0.2, 0.25) is 0 Å². The molecule has 7 heteroatoms. The van der Waals surface area contributed by atoms with Crippen LogP contribution in [0.25, 0.3) is 5.76 Å². The Morgan fingerprint density at radius 1 is 1.14 bits per heavy atom. The second-order valence-corrected chi connectivity index (χ2v) is 9.88. The van der Waals surface area contributed by atoms with E-state index < -0.39 is 17.7 Å². The molecule has 1 saturated heterocycles. The molecular weight excluding hydrogens is 456 g/mol. The van der Waals surface area contributed by atoms with Crippen LogP contribution in [-0.4, -0.2) is 66.5 Å². The number of rotatable bonds is 10. The van der Waals surface area contributed by atoms with Gasteiger partial charge in [-0.25, -0.2) is 0 Å². The first-order valence-corrected chi connectivity index (χ1v) is 12.8. The van der Waals surface area contributed by atoms with Crippen molar-refractivity contribution < 1.29 is 24.2 Å². The fourth-order valence-corrected chi connectivity index (χ4v) is 4.82. The molecule has 2 aliphatic heterocycles. The number of hydrogen-bond acceptors (Lipinski definition) is 6. The highest BCUT2D eigenvalue weighted by Crippen LogP contribution is 2.41. The molecule has 0 radical (unpaired) electrons. The molecular formula is C29H36N2O5. The number of aliphatic hydroxyl groups is 1. The van der Waals surface area contributed by atoms with Crippen molar-refractivity contribution in [3.63, 3.8) is 0 Å². The standard InChI is InChI=1S/C29H36N2O5/c1-5-6-16-35-23-11-8-20(9-12-23)26-25(28(33)29(34)31(26)15-7-14-30(3)4)27(32)21-10-13-24-22(18-21)17-19(2)36-24/h8-13,18-19,26,32H,5-7,14-17H2,1-4H3/t19-,26-/m1/s1. The predicted octanol–water partition coefficient (Wildman–Crippen LogP) is 4.56. The van der Waals surface area contributed by atoms with Crippen LogP contribution in [0.5, 0.6) is 11.5 Å². The van der Waals surface area contributed by atoms with E-state index in [9.17, 15) is 14.7 Å². The van der Waals surface area contributed by atoms with Crippen LogP contribution in [0.2, 0.25) is 0 Å². The summed E-state index contributed by atoms with van der Waals surface area (Å²) in [7, 11) is 3.95. The quantitative estimate of drug-likeness (QED) is 0.227. The molecule has 0 bridgehead atoms. The number of amides is 1. The number of carbonyl (C=O) groups is 2. The molecule has 0 unspecified atom stereocenters. The maximum absolute atomic E-state index is 13.3. The highest BCUT2D eigenvalue weighted by atomic mass is 16.5. The fourth-order valence-electron chi connectivity index (χ4n) is 4.82. The molecule has 0 aromatic heterocycles. The third-order valence-corrected chi connectivity index (χ3v) is 6.68. The number of likely N-dealkylation sites (tertiary alicyclic amines) is 1. The van der Waals surface area contributed by atoms with Crippen LogP contribution < -0.4 is 9.47 Å². The van der Waals surface area contributed by atoms with E-state index in [0.29, 0.717) is 25.1 Å². The third kappa shape index (κ3) is 5.41. The lowest BCUT2D eigenvalue weighted by molar-refractivity contribution is -0.139. The smallest absolute Gasteiger partial charge is 0.295 e. The molecule has 1 fully saturated rings. The Labute approximate surface area is 213 Å². The van der Waals surface area contributed by atoms with Gasteiger partial charge in [-0.15, -0.1) is 0 Å². The van der Waals surface area contributed by atoms with Crippen molar-refractivity contribution in [1.29, 1.82) is 0 Å². The molecule has 36 heavy (non-hydrogen) atoms. The first-order chi connectivity index (χ1) is 17.3. The van der Waals surface area contributed by atoms with E-state index in [4.69, 9.17) is 9.47 Å². The van der Waals surface area contributed by atoms with Crippen molar-refractivity contribution in [2.75, 3.05) is 33.8 Å². The summed E-state index contributed by atoms with van der Waals surface area (Å²) in [5.41, 5.74) is 2.39. The van der Waals surface area contributed by atoms with Gasteiger partial charge < -0.3 is 24.4 Å². The van der Waals surface area contributed by atoms with Gasteiger partial charge in [-0.3, -0.25) is 9.59 Å². The van der Waals surface area contributed by atoms with Gasteiger partial charge in [0.1, 0.15) is 23.4 Å². The van der Waals surface area contributed by atoms with E-state index >= 15 is 0 Å². The number of hydrogen-bond donors (Lipinski definition) is 1. The van der Waals surface area contributed by atoms with Crippen molar-refractivity contribution in [2.45, 2.75) is 51.7 Å². The van der Waals surface area contributed by atoms with Crippen LogP contribution in [0, 0.1) is 0 Å². The number of Topliss-reactive ketones (excluding diaryl/α,β-unsaturated/α-hetero) is 1. The number of unbranched alkanes of at least 4 members (excludes halogenated alkanes) is 1. The van der Waals surface area contributed by atoms with E-state index in [1.165, 1.54) is 0 Å². The molecule has 2 aliphatic rings. The number of benzene rings is 2. The summed E-state index contributed by atoms with van der Waals surface area (Å²) in [5.74, 6) is 0.138. The van der Waals surface area contributed by atoms with E-state index in [1.807, 2.05) is 62.3 Å². The Morgan fingerprint density at radius 2 is 1.89 bits per heavy atom. The zero-order valence-corrected chi connectivity index (χ0v) is 21.6. The number of fused-ring (bicyclic) bond motifs is 1. The summed E-state index contributed by atoms with van der Waals surface area (Å²) in [6.07, 6.45) is 3.53. The molecule has 4 rings (SSSR count). The molecule has 2 aromatic rings. The summed E-state index contributed by atoms with van der Waals surface area (Å²) in [6.45, 7) is 5.94. The van der Waals surface area contributed by atoms with Crippen molar-refractivity contribution in [3.05, 3.63) is 64.7 Å². The van der Waals surface area contributed by atoms with Crippen molar-refractivity contribution in [1.82, 2.24) is 9.80 Å². The average molecular weight is 493 g/mol.